The summed E-state index contributed by atoms with van der Waals surface area (Å²) in [7, 11) is 0. The van der Waals surface area contributed by atoms with Gasteiger partial charge in [-0.05, 0) is 43.9 Å². The topological polar surface area (TPSA) is 80.3 Å². The summed E-state index contributed by atoms with van der Waals surface area (Å²) in [4.78, 5) is 22.1. The van der Waals surface area contributed by atoms with Crippen LogP contribution in [0.1, 0.15) is 104 Å². The first-order chi connectivity index (χ1) is 11.4. The first kappa shape index (κ1) is 22.9. The highest BCUT2D eigenvalue weighted by Crippen LogP contribution is 2.42. The SMILES string of the molecule is CCCCCC(CC)(CC)C(CCCCCCCC(=O)[O-])C(=O)[O-]. The van der Waals surface area contributed by atoms with Crippen molar-refractivity contribution in [2.24, 2.45) is 11.3 Å². The lowest BCUT2D eigenvalue weighted by molar-refractivity contribution is -0.316. The molecule has 0 spiro atoms. The van der Waals surface area contributed by atoms with Crippen LogP contribution in [0.5, 0.6) is 0 Å². The lowest BCUT2D eigenvalue weighted by atomic mass is 9.66. The summed E-state index contributed by atoms with van der Waals surface area (Å²) >= 11 is 0. The van der Waals surface area contributed by atoms with Crippen LogP contribution in [-0.2, 0) is 9.59 Å². The molecular weight excluding hydrogens is 304 g/mol. The molecule has 0 aliphatic heterocycles. The van der Waals surface area contributed by atoms with Gasteiger partial charge in [0, 0.05) is 17.9 Å². The van der Waals surface area contributed by atoms with E-state index in [4.69, 9.17) is 0 Å². The van der Waals surface area contributed by atoms with Crippen molar-refractivity contribution < 1.29 is 19.8 Å². The van der Waals surface area contributed by atoms with Crippen LogP contribution in [0.4, 0.5) is 0 Å². The molecule has 0 aromatic heterocycles. The van der Waals surface area contributed by atoms with Gasteiger partial charge in [-0.15, -0.1) is 0 Å². The van der Waals surface area contributed by atoms with Gasteiger partial charge in [0.15, 0.2) is 0 Å². The minimum Gasteiger partial charge on any atom is -0.550 e. The number of hydrogen-bond acceptors (Lipinski definition) is 4. The molecular formula is C20H36O4-2. The minimum atomic E-state index is -0.991. The zero-order chi connectivity index (χ0) is 18.4. The van der Waals surface area contributed by atoms with Gasteiger partial charge in [0.1, 0.15) is 0 Å². The van der Waals surface area contributed by atoms with Crippen LogP contribution in [0.15, 0.2) is 0 Å². The van der Waals surface area contributed by atoms with Crippen molar-refractivity contribution in [3.05, 3.63) is 0 Å². The van der Waals surface area contributed by atoms with E-state index in [1.165, 1.54) is 0 Å². The maximum absolute atomic E-state index is 11.8. The Morgan fingerprint density at radius 3 is 1.92 bits per heavy atom. The van der Waals surface area contributed by atoms with Gasteiger partial charge < -0.3 is 19.8 Å². The maximum atomic E-state index is 11.8. The monoisotopic (exact) mass is 340 g/mol. The number of hydrogen-bond donors (Lipinski definition) is 0. The van der Waals surface area contributed by atoms with Crippen LogP contribution in [0.3, 0.4) is 0 Å². The van der Waals surface area contributed by atoms with E-state index in [1.54, 1.807) is 0 Å². The third kappa shape index (κ3) is 8.70. The highest BCUT2D eigenvalue weighted by molar-refractivity contribution is 5.68. The van der Waals surface area contributed by atoms with E-state index in [1.807, 2.05) is 0 Å². The van der Waals surface area contributed by atoms with Gasteiger partial charge in [0.25, 0.3) is 0 Å². The van der Waals surface area contributed by atoms with E-state index < -0.39 is 11.9 Å². The fraction of sp³-hybridized carbons (Fsp3) is 0.900. The maximum Gasteiger partial charge on any atom is 0.0450 e. The standard InChI is InChI=1S/C20H38O4/c1-4-7-13-16-20(5-2,6-3)17(19(23)24)14-11-9-8-10-12-15-18(21)22/h17H,4-16H2,1-3H3,(H,21,22)(H,23,24)/p-2. The number of carboxylic acid groups (broad SMARTS) is 2. The van der Waals surface area contributed by atoms with Gasteiger partial charge in [0.2, 0.25) is 0 Å². The van der Waals surface area contributed by atoms with E-state index in [-0.39, 0.29) is 17.8 Å². The van der Waals surface area contributed by atoms with Crippen molar-refractivity contribution in [2.45, 2.75) is 104 Å². The Kier molecular flexibility index (Phi) is 12.7. The lowest BCUT2D eigenvalue weighted by Gasteiger charge is -2.41. The second kappa shape index (κ2) is 13.3. The van der Waals surface area contributed by atoms with Crippen LogP contribution in [0.25, 0.3) is 0 Å². The number of rotatable bonds is 16. The van der Waals surface area contributed by atoms with Crippen LogP contribution >= 0.6 is 0 Å². The average Bonchev–Trinajstić information content (AvgIpc) is 2.55. The zero-order valence-electron chi connectivity index (χ0n) is 15.9. The molecule has 0 saturated carbocycles. The van der Waals surface area contributed by atoms with Gasteiger partial charge in [-0.3, -0.25) is 0 Å². The fourth-order valence-corrected chi connectivity index (χ4v) is 3.82. The molecule has 0 aliphatic carbocycles. The van der Waals surface area contributed by atoms with Crippen LogP contribution in [-0.4, -0.2) is 11.9 Å². The lowest BCUT2D eigenvalue weighted by Crippen LogP contribution is -2.43. The summed E-state index contributed by atoms with van der Waals surface area (Å²) in [5.74, 6) is -2.26. The average molecular weight is 341 g/mol. The van der Waals surface area contributed by atoms with Crippen molar-refractivity contribution in [3.63, 3.8) is 0 Å². The molecule has 0 aromatic rings. The van der Waals surface area contributed by atoms with Gasteiger partial charge in [-0.2, -0.15) is 0 Å². The van der Waals surface area contributed by atoms with Crippen molar-refractivity contribution in [1.82, 2.24) is 0 Å². The second-order valence-electron chi connectivity index (χ2n) is 7.08. The van der Waals surface area contributed by atoms with Crippen LogP contribution < -0.4 is 10.2 Å². The van der Waals surface area contributed by atoms with E-state index in [0.717, 1.165) is 64.2 Å². The molecule has 0 radical (unpaired) electrons. The molecule has 0 fully saturated rings. The zero-order valence-corrected chi connectivity index (χ0v) is 15.9. The van der Waals surface area contributed by atoms with Crippen molar-refractivity contribution in [1.29, 1.82) is 0 Å². The molecule has 1 atom stereocenters. The Bertz CT molecular complexity index is 348. The molecule has 1 unspecified atom stereocenters. The van der Waals surface area contributed by atoms with Gasteiger partial charge >= 0.3 is 0 Å². The Hall–Kier alpha value is -1.06. The molecule has 0 rings (SSSR count). The van der Waals surface area contributed by atoms with Crippen LogP contribution in [0, 0.1) is 11.3 Å². The first-order valence-corrected chi connectivity index (χ1v) is 9.84. The largest absolute Gasteiger partial charge is 0.550 e. The quantitative estimate of drug-likeness (QED) is 0.404. The van der Waals surface area contributed by atoms with Crippen LogP contribution in [0.2, 0.25) is 0 Å². The molecule has 0 amide bonds. The summed E-state index contributed by atoms with van der Waals surface area (Å²) in [6.07, 6.45) is 11.2. The highest BCUT2D eigenvalue weighted by Gasteiger charge is 2.35. The molecule has 4 nitrogen and oxygen atoms in total. The predicted molar refractivity (Wildman–Crippen MR) is 93.0 cm³/mol. The third-order valence-electron chi connectivity index (χ3n) is 5.58. The molecule has 24 heavy (non-hydrogen) atoms. The third-order valence-corrected chi connectivity index (χ3v) is 5.58. The Morgan fingerprint density at radius 2 is 1.42 bits per heavy atom. The fourth-order valence-electron chi connectivity index (χ4n) is 3.82. The summed E-state index contributed by atoms with van der Waals surface area (Å²) in [6.45, 7) is 6.37. The number of aliphatic carboxylic acids is 2. The van der Waals surface area contributed by atoms with Gasteiger partial charge in [-0.25, -0.2) is 0 Å². The van der Waals surface area contributed by atoms with E-state index in [0.29, 0.717) is 12.8 Å². The Morgan fingerprint density at radius 1 is 0.833 bits per heavy atom. The molecule has 0 heterocycles. The van der Waals surface area contributed by atoms with E-state index >= 15 is 0 Å². The summed E-state index contributed by atoms with van der Waals surface area (Å²) in [5, 5.41) is 22.1. The van der Waals surface area contributed by atoms with E-state index in [2.05, 4.69) is 20.8 Å². The van der Waals surface area contributed by atoms with Gasteiger partial charge in [0.05, 0.1) is 0 Å². The number of unbranched alkanes of at least 4 members (excludes halogenated alkanes) is 6. The smallest absolute Gasteiger partial charge is 0.0450 e. The summed E-state index contributed by atoms with van der Waals surface area (Å²) in [6, 6.07) is 0. The van der Waals surface area contributed by atoms with Crippen molar-refractivity contribution in [3.8, 4) is 0 Å². The number of carboxylic acids is 2. The van der Waals surface area contributed by atoms with Gasteiger partial charge in [-0.1, -0.05) is 65.7 Å². The number of carbonyl (C=O) groups is 2. The molecule has 142 valence electrons. The molecule has 0 aromatic carbocycles. The molecule has 0 aliphatic rings. The first-order valence-electron chi connectivity index (χ1n) is 9.84. The predicted octanol–water partition coefficient (Wildman–Crippen LogP) is 3.22. The molecule has 4 heteroatoms. The molecule has 0 saturated heterocycles. The second-order valence-corrected chi connectivity index (χ2v) is 7.08. The molecule has 0 N–H and O–H groups in total. The Balaban J connectivity index is 4.42. The number of carbonyl (C=O) groups excluding carboxylic acids is 2. The summed E-state index contributed by atoms with van der Waals surface area (Å²) < 4.78 is 0. The highest BCUT2D eigenvalue weighted by atomic mass is 16.4. The van der Waals surface area contributed by atoms with Crippen molar-refractivity contribution >= 4 is 11.9 Å². The normalized spacial score (nSPS) is 13.0. The minimum absolute atomic E-state index is 0.119. The van der Waals surface area contributed by atoms with Crippen molar-refractivity contribution in [2.75, 3.05) is 0 Å². The van der Waals surface area contributed by atoms with E-state index in [9.17, 15) is 19.8 Å². The Labute approximate surface area is 148 Å². The summed E-state index contributed by atoms with van der Waals surface area (Å²) in [5.41, 5.74) is -0.136. The molecule has 0 bridgehead atoms.